The number of benzene rings is 1. The summed E-state index contributed by atoms with van der Waals surface area (Å²) in [5.74, 6) is -0.946. The summed E-state index contributed by atoms with van der Waals surface area (Å²) in [7, 11) is 0. The number of H-pyrrole nitrogens is 1. The van der Waals surface area contributed by atoms with Gasteiger partial charge in [0.05, 0.1) is 11.1 Å². The number of hydrogen-bond donors (Lipinski definition) is 3. The number of ether oxygens (including phenoxy) is 1. The SMILES string of the molecule is CCN(CC)CCNC(=O)c1c(C)[nH]c2c1CCC/C2=C1/C(=O)Nc2ccc(OC(F)(F)F)cc21. The van der Waals surface area contributed by atoms with Gasteiger partial charge < -0.3 is 25.3 Å². The van der Waals surface area contributed by atoms with Gasteiger partial charge in [-0.1, -0.05) is 13.8 Å². The second kappa shape index (κ2) is 9.77. The van der Waals surface area contributed by atoms with Crippen molar-refractivity contribution in [3.05, 3.63) is 46.3 Å². The molecule has 4 rings (SSSR count). The number of anilines is 1. The molecule has 10 heteroatoms. The second-order valence-electron chi connectivity index (χ2n) is 8.68. The number of allylic oxidation sites excluding steroid dienone is 1. The van der Waals surface area contributed by atoms with Crippen LogP contribution in [-0.4, -0.2) is 54.2 Å². The summed E-state index contributed by atoms with van der Waals surface area (Å²) in [6.45, 7) is 9.04. The van der Waals surface area contributed by atoms with Gasteiger partial charge in [-0.05, 0) is 68.6 Å². The maximum absolute atomic E-state index is 13.1. The first-order chi connectivity index (χ1) is 16.6. The van der Waals surface area contributed by atoms with Gasteiger partial charge in [-0.25, -0.2) is 0 Å². The number of halogens is 3. The number of rotatable bonds is 7. The molecule has 35 heavy (non-hydrogen) atoms. The molecular formula is C25H29F3N4O3. The average Bonchev–Trinajstić information content (AvgIpc) is 3.30. The standard InChI is InChI=1S/C25H29F3N4O3/c1-4-32(5-2)12-11-29-23(33)20-14(3)30-22-16(20)7-6-8-17(22)21-18-13-15(35-25(26,27)28)9-10-19(18)31-24(21)34/h9-10,13,30H,4-8,11-12H2,1-3H3,(H,29,33)(H,31,34)/b21-17-. The zero-order valence-corrected chi connectivity index (χ0v) is 20.0. The zero-order valence-electron chi connectivity index (χ0n) is 20.0. The molecular weight excluding hydrogens is 461 g/mol. The number of alkyl halides is 3. The Morgan fingerprint density at radius 2 is 1.94 bits per heavy atom. The minimum Gasteiger partial charge on any atom is -0.406 e. The lowest BCUT2D eigenvalue weighted by atomic mass is 9.86. The smallest absolute Gasteiger partial charge is 0.406 e. The Balaban J connectivity index is 1.68. The van der Waals surface area contributed by atoms with Crippen LogP contribution in [0.2, 0.25) is 0 Å². The zero-order chi connectivity index (χ0) is 25.3. The van der Waals surface area contributed by atoms with E-state index in [1.54, 1.807) is 0 Å². The van der Waals surface area contributed by atoms with Gasteiger partial charge in [-0.2, -0.15) is 0 Å². The first kappa shape index (κ1) is 24.8. The number of nitrogens with one attached hydrogen (secondary N) is 3. The van der Waals surface area contributed by atoms with Gasteiger partial charge >= 0.3 is 6.36 Å². The first-order valence-corrected chi connectivity index (χ1v) is 11.8. The molecule has 1 aromatic carbocycles. The molecule has 2 heterocycles. The third-order valence-corrected chi connectivity index (χ3v) is 6.55. The van der Waals surface area contributed by atoms with Crippen LogP contribution in [0.3, 0.4) is 0 Å². The molecule has 2 aromatic rings. The van der Waals surface area contributed by atoms with Gasteiger partial charge in [0.15, 0.2) is 0 Å². The van der Waals surface area contributed by atoms with Crippen LogP contribution in [0.4, 0.5) is 18.9 Å². The lowest BCUT2D eigenvalue weighted by molar-refractivity contribution is -0.274. The Bertz CT molecular complexity index is 1180. The lowest BCUT2D eigenvalue weighted by Gasteiger charge is -2.20. The third kappa shape index (κ3) is 5.07. The molecule has 0 spiro atoms. The van der Waals surface area contributed by atoms with Gasteiger partial charge in [-0.15, -0.1) is 13.2 Å². The van der Waals surface area contributed by atoms with Gasteiger partial charge in [0.1, 0.15) is 5.75 Å². The summed E-state index contributed by atoms with van der Waals surface area (Å²) in [5, 5.41) is 5.72. The molecule has 0 radical (unpaired) electrons. The number of aromatic nitrogens is 1. The number of hydrogen-bond acceptors (Lipinski definition) is 4. The van der Waals surface area contributed by atoms with Crippen LogP contribution in [0.5, 0.6) is 5.75 Å². The van der Waals surface area contributed by atoms with Crippen molar-refractivity contribution in [1.82, 2.24) is 15.2 Å². The predicted octanol–water partition coefficient (Wildman–Crippen LogP) is 4.49. The Labute approximate surface area is 201 Å². The van der Waals surface area contributed by atoms with Crippen molar-refractivity contribution in [1.29, 1.82) is 0 Å². The predicted molar refractivity (Wildman–Crippen MR) is 127 cm³/mol. The highest BCUT2D eigenvalue weighted by molar-refractivity contribution is 6.37. The fourth-order valence-electron chi connectivity index (χ4n) is 4.91. The molecule has 7 nitrogen and oxygen atoms in total. The van der Waals surface area contributed by atoms with Crippen LogP contribution >= 0.6 is 0 Å². The Morgan fingerprint density at radius 1 is 1.20 bits per heavy atom. The molecule has 0 saturated heterocycles. The van der Waals surface area contributed by atoms with Crippen LogP contribution < -0.4 is 15.4 Å². The van der Waals surface area contributed by atoms with Crippen molar-refractivity contribution < 1.29 is 27.5 Å². The third-order valence-electron chi connectivity index (χ3n) is 6.55. The van der Waals surface area contributed by atoms with Crippen molar-refractivity contribution in [3.63, 3.8) is 0 Å². The van der Waals surface area contributed by atoms with Crippen molar-refractivity contribution in [2.45, 2.75) is 46.4 Å². The Kier molecular flexibility index (Phi) is 6.93. The number of aromatic amines is 1. The van der Waals surface area contributed by atoms with Crippen molar-refractivity contribution in [3.8, 4) is 5.75 Å². The van der Waals surface area contributed by atoms with Crippen LogP contribution in [-0.2, 0) is 11.2 Å². The average molecular weight is 491 g/mol. The molecule has 1 aliphatic carbocycles. The minimum absolute atomic E-state index is 0.171. The number of amides is 2. The highest BCUT2D eigenvalue weighted by Crippen LogP contribution is 2.44. The topological polar surface area (TPSA) is 86.5 Å². The summed E-state index contributed by atoms with van der Waals surface area (Å²) in [6.07, 6.45) is -2.90. The molecule has 0 unspecified atom stereocenters. The fraction of sp³-hybridized carbons (Fsp3) is 0.440. The van der Waals surface area contributed by atoms with Crippen LogP contribution in [0, 0.1) is 6.92 Å². The van der Waals surface area contributed by atoms with E-state index in [2.05, 4.69) is 39.1 Å². The molecule has 3 N–H and O–H groups in total. The summed E-state index contributed by atoms with van der Waals surface area (Å²) in [5.41, 5.74) is 4.59. The highest BCUT2D eigenvalue weighted by atomic mass is 19.4. The molecule has 188 valence electrons. The highest BCUT2D eigenvalue weighted by Gasteiger charge is 2.35. The van der Waals surface area contributed by atoms with E-state index < -0.39 is 12.1 Å². The maximum Gasteiger partial charge on any atom is 0.573 e. The number of carbonyl (C=O) groups is 2. The summed E-state index contributed by atoms with van der Waals surface area (Å²) >= 11 is 0. The van der Waals surface area contributed by atoms with Crippen LogP contribution in [0.25, 0.3) is 11.1 Å². The molecule has 2 amide bonds. The van der Waals surface area contributed by atoms with Gasteiger partial charge in [0, 0.05) is 35.7 Å². The van der Waals surface area contributed by atoms with E-state index in [9.17, 15) is 22.8 Å². The monoisotopic (exact) mass is 490 g/mol. The van der Waals surface area contributed by atoms with E-state index in [0.29, 0.717) is 65.2 Å². The summed E-state index contributed by atoms with van der Waals surface area (Å²) in [4.78, 5) is 31.4. The van der Waals surface area contributed by atoms with Gasteiger partial charge in [0.2, 0.25) is 0 Å². The van der Waals surface area contributed by atoms with Crippen molar-refractivity contribution >= 4 is 28.6 Å². The molecule has 1 aromatic heterocycles. The van der Waals surface area contributed by atoms with Crippen molar-refractivity contribution in [2.75, 3.05) is 31.5 Å². The quantitative estimate of drug-likeness (QED) is 0.499. The van der Waals surface area contributed by atoms with E-state index in [-0.39, 0.29) is 11.8 Å². The first-order valence-electron chi connectivity index (χ1n) is 11.8. The van der Waals surface area contributed by atoms with Gasteiger partial charge in [-0.3, -0.25) is 9.59 Å². The largest absolute Gasteiger partial charge is 0.573 e. The maximum atomic E-state index is 13.1. The molecule has 0 saturated carbocycles. The summed E-state index contributed by atoms with van der Waals surface area (Å²) in [6, 6.07) is 3.81. The number of likely N-dealkylation sites (N-methyl/N-ethyl adjacent to an activating group) is 1. The molecule has 0 atom stereocenters. The molecule has 1 aliphatic heterocycles. The van der Waals surface area contributed by atoms with Crippen LogP contribution in [0.1, 0.15) is 59.6 Å². The summed E-state index contributed by atoms with van der Waals surface area (Å²) < 4.78 is 42.3. The normalized spacial score (nSPS) is 17.3. The fourth-order valence-corrected chi connectivity index (χ4v) is 4.91. The number of aryl methyl sites for hydroxylation is 1. The van der Waals surface area contributed by atoms with E-state index in [1.807, 2.05) is 6.92 Å². The van der Waals surface area contributed by atoms with E-state index in [0.717, 1.165) is 25.2 Å². The Morgan fingerprint density at radius 3 is 2.63 bits per heavy atom. The number of nitrogens with zero attached hydrogens (tertiary/aromatic N) is 1. The second-order valence-corrected chi connectivity index (χ2v) is 8.68. The van der Waals surface area contributed by atoms with Gasteiger partial charge in [0.25, 0.3) is 11.8 Å². The van der Waals surface area contributed by atoms with Crippen LogP contribution in [0.15, 0.2) is 18.2 Å². The Hall–Kier alpha value is -3.27. The van der Waals surface area contributed by atoms with E-state index in [1.165, 1.54) is 18.2 Å². The minimum atomic E-state index is -4.83. The number of fused-ring (bicyclic) bond motifs is 2. The molecule has 0 fully saturated rings. The molecule has 0 bridgehead atoms. The van der Waals surface area contributed by atoms with Crippen molar-refractivity contribution in [2.24, 2.45) is 0 Å². The van der Waals surface area contributed by atoms with E-state index >= 15 is 0 Å². The molecule has 2 aliphatic rings. The number of carbonyl (C=O) groups excluding carboxylic acids is 2. The lowest BCUT2D eigenvalue weighted by Crippen LogP contribution is -2.35. The van der Waals surface area contributed by atoms with E-state index in [4.69, 9.17) is 0 Å².